The Labute approximate surface area is 468 Å². The van der Waals surface area contributed by atoms with E-state index in [9.17, 15) is 19.8 Å². The van der Waals surface area contributed by atoms with Crippen LogP contribution in [-0.4, -0.2) is 47.4 Å². The topological polar surface area (TPSA) is 95.9 Å². The van der Waals surface area contributed by atoms with Crippen molar-refractivity contribution in [3.8, 4) is 0 Å². The summed E-state index contributed by atoms with van der Waals surface area (Å²) in [5.74, 6) is -0.0807. The predicted molar refractivity (Wildman–Crippen MR) is 329 cm³/mol. The highest BCUT2D eigenvalue weighted by Gasteiger charge is 2.20. The van der Waals surface area contributed by atoms with Gasteiger partial charge in [0, 0.05) is 12.8 Å². The largest absolute Gasteiger partial charge is 0.465 e. The van der Waals surface area contributed by atoms with Crippen LogP contribution < -0.4 is 5.32 Å². The summed E-state index contributed by atoms with van der Waals surface area (Å²) in [5.41, 5.74) is 0. The van der Waals surface area contributed by atoms with Gasteiger partial charge in [-0.2, -0.15) is 0 Å². The first-order chi connectivity index (χ1) is 37.0. The molecule has 0 saturated carbocycles. The van der Waals surface area contributed by atoms with Crippen LogP contribution in [0.3, 0.4) is 0 Å². The molecule has 0 saturated heterocycles. The van der Waals surface area contributed by atoms with Gasteiger partial charge in [-0.25, -0.2) is 0 Å². The summed E-state index contributed by atoms with van der Waals surface area (Å²) >= 11 is 0. The van der Waals surface area contributed by atoms with Crippen LogP contribution in [0.4, 0.5) is 0 Å². The van der Waals surface area contributed by atoms with Crippen molar-refractivity contribution in [3.63, 3.8) is 0 Å². The molecule has 2 atom stereocenters. The number of amides is 1. The number of carbonyl (C=O) groups excluding carboxylic acids is 2. The van der Waals surface area contributed by atoms with E-state index in [1.165, 1.54) is 283 Å². The number of aliphatic hydroxyl groups is 2. The average molecular weight is 1050 g/mol. The highest BCUT2D eigenvalue weighted by molar-refractivity contribution is 5.76. The summed E-state index contributed by atoms with van der Waals surface area (Å²) in [6.45, 7) is 4.84. The van der Waals surface area contributed by atoms with Gasteiger partial charge in [0.25, 0.3) is 0 Å². The molecule has 0 spiro atoms. The zero-order chi connectivity index (χ0) is 54.3. The molecule has 0 aromatic rings. The molecular weight excluding hydrogens is 923 g/mol. The number of hydrogen-bond donors (Lipinski definition) is 3. The Morgan fingerprint density at radius 1 is 0.373 bits per heavy atom. The second kappa shape index (κ2) is 64.6. The lowest BCUT2D eigenvalue weighted by Crippen LogP contribution is -2.45. The number of carbonyl (C=O) groups is 2. The summed E-state index contributed by atoms with van der Waals surface area (Å²) in [5, 5.41) is 23.4. The van der Waals surface area contributed by atoms with Gasteiger partial charge in [0.2, 0.25) is 5.91 Å². The number of esters is 1. The second-order valence-corrected chi connectivity index (χ2v) is 23.1. The molecule has 2 unspecified atom stereocenters. The Balaban J connectivity index is 3.45. The number of allylic oxidation sites excluding steroid dienone is 5. The van der Waals surface area contributed by atoms with Crippen molar-refractivity contribution in [1.29, 1.82) is 0 Å². The van der Waals surface area contributed by atoms with Gasteiger partial charge in [0.1, 0.15) is 0 Å². The molecule has 0 heterocycles. The van der Waals surface area contributed by atoms with E-state index in [1.54, 1.807) is 0 Å². The molecule has 442 valence electrons. The van der Waals surface area contributed by atoms with Gasteiger partial charge in [-0.3, -0.25) is 9.59 Å². The molecule has 6 heteroatoms. The minimum Gasteiger partial charge on any atom is -0.465 e. The monoisotopic (exact) mass is 1050 g/mol. The molecule has 0 aromatic heterocycles. The van der Waals surface area contributed by atoms with Crippen molar-refractivity contribution in [3.05, 3.63) is 36.5 Å². The normalized spacial score (nSPS) is 12.7. The van der Waals surface area contributed by atoms with E-state index in [0.29, 0.717) is 25.9 Å². The van der Waals surface area contributed by atoms with Gasteiger partial charge in [0.05, 0.1) is 25.4 Å². The molecule has 0 fully saturated rings. The third-order valence-electron chi connectivity index (χ3n) is 15.7. The van der Waals surface area contributed by atoms with Crippen molar-refractivity contribution in [2.75, 3.05) is 13.2 Å². The number of unbranched alkanes of at least 4 members (excludes halogenated alkanes) is 46. The van der Waals surface area contributed by atoms with Crippen LogP contribution >= 0.6 is 0 Å². The number of rotatable bonds is 63. The maximum atomic E-state index is 12.5. The van der Waals surface area contributed by atoms with E-state index in [4.69, 9.17) is 4.74 Å². The summed E-state index contributed by atoms with van der Waals surface area (Å²) < 4.78 is 5.40. The van der Waals surface area contributed by atoms with E-state index in [0.717, 1.165) is 51.4 Å². The molecule has 0 aliphatic rings. The van der Waals surface area contributed by atoms with Crippen LogP contribution in [0.1, 0.15) is 367 Å². The van der Waals surface area contributed by atoms with Crippen molar-refractivity contribution in [2.24, 2.45) is 0 Å². The number of nitrogens with one attached hydrogen (secondary N) is 1. The third-order valence-corrected chi connectivity index (χ3v) is 15.7. The maximum Gasteiger partial charge on any atom is 0.305 e. The highest BCUT2D eigenvalue weighted by atomic mass is 16.5. The molecule has 0 aliphatic heterocycles. The Morgan fingerprint density at radius 2 is 0.667 bits per heavy atom. The summed E-state index contributed by atoms with van der Waals surface area (Å²) in [6.07, 6.45) is 81.9. The molecule has 3 N–H and O–H groups in total. The summed E-state index contributed by atoms with van der Waals surface area (Å²) in [6, 6.07) is -0.547. The lowest BCUT2D eigenvalue weighted by molar-refractivity contribution is -0.143. The van der Waals surface area contributed by atoms with Crippen LogP contribution in [0, 0.1) is 0 Å². The Morgan fingerprint density at radius 3 is 1.05 bits per heavy atom. The van der Waals surface area contributed by atoms with E-state index < -0.39 is 12.1 Å². The third kappa shape index (κ3) is 61.2. The molecule has 0 aromatic carbocycles. The fourth-order valence-electron chi connectivity index (χ4n) is 10.5. The minimum absolute atomic E-state index is 0.0359. The van der Waals surface area contributed by atoms with Crippen molar-refractivity contribution >= 4 is 11.9 Å². The molecule has 0 aliphatic carbocycles. The molecule has 75 heavy (non-hydrogen) atoms. The van der Waals surface area contributed by atoms with Crippen LogP contribution in [-0.2, 0) is 14.3 Å². The zero-order valence-corrected chi connectivity index (χ0v) is 50.5. The van der Waals surface area contributed by atoms with Crippen molar-refractivity contribution in [1.82, 2.24) is 5.32 Å². The van der Waals surface area contributed by atoms with Crippen LogP contribution in [0.25, 0.3) is 0 Å². The smallest absolute Gasteiger partial charge is 0.305 e. The highest BCUT2D eigenvalue weighted by Crippen LogP contribution is 2.18. The lowest BCUT2D eigenvalue weighted by Gasteiger charge is -2.22. The first-order valence-electron chi connectivity index (χ1n) is 33.7. The zero-order valence-electron chi connectivity index (χ0n) is 50.5. The van der Waals surface area contributed by atoms with Crippen molar-refractivity contribution in [2.45, 2.75) is 379 Å². The van der Waals surface area contributed by atoms with Crippen molar-refractivity contribution < 1.29 is 24.5 Å². The fourth-order valence-corrected chi connectivity index (χ4v) is 10.5. The first kappa shape index (κ1) is 73.1. The van der Waals surface area contributed by atoms with Gasteiger partial charge >= 0.3 is 5.97 Å². The predicted octanol–water partition coefficient (Wildman–Crippen LogP) is 21.5. The van der Waals surface area contributed by atoms with Gasteiger partial charge in [-0.05, 0) is 70.6 Å². The average Bonchev–Trinajstić information content (AvgIpc) is 3.41. The van der Waals surface area contributed by atoms with Gasteiger partial charge in [-0.15, -0.1) is 0 Å². The van der Waals surface area contributed by atoms with E-state index in [2.05, 4.69) is 55.6 Å². The van der Waals surface area contributed by atoms with Crippen LogP contribution in [0.15, 0.2) is 36.5 Å². The Hall–Kier alpha value is -1.92. The van der Waals surface area contributed by atoms with Gasteiger partial charge in [0.15, 0.2) is 0 Å². The first-order valence-corrected chi connectivity index (χ1v) is 33.7. The molecule has 1 amide bonds. The van der Waals surface area contributed by atoms with E-state index in [-0.39, 0.29) is 18.5 Å². The van der Waals surface area contributed by atoms with Gasteiger partial charge in [-0.1, -0.05) is 320 Å². The van der Waals surface area contributed by atoms with Crippen LogP contribution in [0.2, 0.25) is 0 Å². The Kier molecular flexibility index (Phi) is 63.0. The number of ether oxygens (including phenoxy) is 1. The standard InChI is InChI=1S/C69H131NO5/c1-3-5-7-9-11-13-15-17-18-19-20-21-22-23-24-26-29-32-35-38-41-45-49-53-57-61-67(72)66(65-71)70-68(73)62-58-54-50-46-42-39-36-33-30-27-25-28-31-34-37-40-44-48-52-56-60-64-75-69(74)63-59-55-51-47-43-16-14-12-10-8-6-4-2/h12,14,40,44,52,56,66-67,71-72H,3-11,13,15-39,41-43,45-51,53-55,57-65H2,1-2H3,(H,70,73)/b14-12-,44-40-,56-52-. The second-order valence-electron chi connectivity index (χ2n) is 23.1. The van der Waals surface area contributed by atoms with E-state index >= 15 is 0 Å². The Bertz CT molecular complexity index is 1210. The maximum absolute atomic E-state index is 12.5. The van der Waals surface area contributed by atoms with Gasteiger partial charge < -0.3 is 20.3 Å². The molecule has 0 rings (SSSR count). The molecule has 6 nitrogen and oxygen atoms in total. The van der Waals surface area contributed by atoms with E-state index in [1.807, 2.05) is 0 Å². The summed E-state index contributed by atoms with van der Waals surface area (Å²) in [4.78, 5) is 24.5. The number of hydrogen-bond acceptors (Lipinski definition) is 5. The fraction of sp³-hybridized carbons (Fsp3) is 0.884. The summed E-state index contributed by atoms with van der Waals surface area (Å²) in [7, 11) is 0. The minimum atomic E-state index is -0.670. The molecule has 0 bridgehead atoms. The molecular formula is C69H131NO5. The molecule has 0 radical (unpaired) electrons. The lowest BCUT2D eigenvalue weighted by atomic mass is 10.0. The SMILES string of the molecule is CCCCC/C=C\CCCCCCCC(=O)OCC/C=C\C/C=C\CCCCCCCCCCCCCCCCC(=O)NC(CO)C(O)CCCCCCCCCCCCCCCCCCCCCCCCCCC. The number of aliphatic hydroxyl groups excluding tert-OH is 2. The van der Waals surface area contributed by atoms with Crippen LogP contribution in [0.5, 0.6) is 0 Å². The quantitative estimate of drug-likeness (QED) is 0.0320.